The fraction of sp³-hybridized carbons (Fsp3) is 0.350. The molecule has 3 amide bonds. The van der Waals surface area contributed by atoms with E-state index in [0.29, 0.717) is 17.4 Å². The maximum Gasteiger partial charge on any atom is 0.338 e. The molecule has 15 heteroatoms. The molecule has 0 aliphatic heterocycles. The molecule has 2 aromatic carbocycles. The molecule has 2 aromatic rings. The average Bonchev–Trinajstić information content (AvgIpc) is 4.15. The Labute approximate surface area is 318 Å². The molecule has 0 bridgehead atoms. The zero-order chi connectivity index (χ0) is 40.9. The molecule has 0 saturated heterocycles. The van der Waals surface area contributed by atoms with Gasteiger partial charge in [-0.05, 0) is 96.9 Å². The molecule has 0 radical (unpaired) electrons. The molecule has 0 spiro atoms. The summed E-state index contributed by atoms with van der Waals surface area (Å²) in [5, 5.41) is 33.3. The Morgan fingerprint density at radius 1 is 0.709 bits per heavy atom. The summed E-state index contributed by atoms with van der Waals surface area (Å²) in [7, 11) is 5.05. The second-order valence-corrected chi connectivity index (χ2v) is 11.7. The van der Waals surface area contributed by atoms with Crippen LogP contribution in [0.1, 0.15) is 44.7 Å². The first kappa shape index (κ1) is 44.5. The highest BCUT2D eigenvalue weighted by Gasteiger charge is 2.35. The van der Waals surface area contributed by atoms with E-state index in [4.69, 9.17) is 21.1 Å². The van der Waals surface area contributed by atoms with E-state index in [-0.39, 0.29) is 36.2 Å². The molecular weight excluding hydrogens is 712 g/mol. The van der Waals surface area contributed by atoms with E-state index >= 15 is 0 Å². The third-order valence-electron chi connectivity index (χ3n) is 7.85. The normalized spacial score (nSPS) is 17.5. The van der Waals surface area contributed by atoms with Crippen LogP contribution >= 0.6 is 0 Å². The fourth-order valence-corrected chi connectivity index (χ4v) is 4.22. The van der Waals surface area contributed by atoms with Crippen LogP contribution in [0.25, 0.3) is 0 Å². The Bertz CT molecular complexity index is 1920. The summed E-state index contributed by atoms with van der Waals surface area (Å²) < 4.78 is 8.73. The van der Waals surface area contributed by atoms with Gasteiger partial charge in [0.05, 0.1) is 19.8 Å². The summed E-state index contributed by atoms with van der Waals surface area (Å²) in [6.45, 7) is 0.358. The first-order chi connectivity index (χ1) is 26.3. The van der Waals surface area contributed by atoms with Crippen molar-refractivity contribution >= 4 is 35.6 Å². The SMILES string of the molecule is CNC(=O)C(N)C(=O)OC.CNC(=O)C(NC(=O)c1ccc(C#CC#C[C@@H]2C[C@H]2CO)cc1)C(=O)OC.O=C(O)c1ccc(C#CC#C[C@@H]2C[C@H]2CO)cc1. The number of carboxylic acids is 1. The number of hydrogen-bond acceptors (Lipinski definition) is 11. The number of aromatic carboxylic acids is 1. The maximum absolute atomic E-state index is 12.2. The molecular formula is C40H42N4O11. The van der Waals surface area contributed by atoms with E-state index in [1.54, 1.807) is 24.3 Å². The van der Waals surface area contributed by atoms with Crippen LogP contribution in [0.2, 0.25) is 0 Å². The molecule has 2 aliphatic rings. The summed E-state index contributed by atoms with van der Waals surface area (Å²) in [5.41, 5.74) is 7.02. The molecule has 2 aliphatic carbocycles. The van der Waals surface area contributed by atoms with Gasteiger partial charge in [0, 0.05) is 55.8 Å². The number of carbonyl (C=O) groups excluding carboxylic acids is 5. The number of nitrogens with two attached hydrogens (primary N) is 1. The molecule has 6 atom stereocenters. The van der Waals surface area contributed by atoms with Crippen molar-refractivity contribution < 1.29 is 53.6 Å². The van der Waals surface area contributed by atoms with Crippen molar-refractivity contribution in [1.82, 2.24) is 16.0 Å². The Morgan fingerprint density at radius 3 is 1.51 bits per heavy atom. The van der Waals surface area contributed by atoms with Crippen LogP contribution in [0.3, 0.4) is 0 Å². The van der Waals surface area contributed by atoms with Gasteiger partial charge in [0.1, 0.15) is 0 Å². The van der Waals surface area contributed by atoms with Gasteiger partial charge in [-0.2, -0.15) is 0 Å². The van der Waals surface area contributed by atoms with E-state index < -0.39 is 47.7 Å². The molecule has 8 N–H and O–H groups in total. The largest absolute Gasteiger partial charge is 0.478 e. The van der Waals surface area contributed by atoms with Crippen LogP contribution in [-0.2, 0) is 28.7 Å². The number of carbonyl (C=O) groups is 6. The van der Waals surface area contributed by atoms with E-state index in [0.717, 1.165) is 25.5 Å². The van der Waals surface area contributed by atoms with Gasteiger partial charge >= 0.3 is 17.9 Å². The number of nitrogens with one attached hydrogen (secondary N) is 3. The first-order valence-corrected chi connectivity index (χ1v) is 16.7. The minimum absolute atomic E-state index is 0.160. The van der Waals surface area contributed by atoms with Gasteiger partial charge in [-0.3, -0.25) is 14.4 Å². The number of likely N-dealkylation sites (N-methyl/N-ethyl adjacent to an activating group) is 2. The second kappa shape index (κ2) is 23.1. The number of aliphatic hydroxyl groups excluding tert-OH is 2. The van der Waals surface area contributed by atoms with Crippen molar-refractivity contribution in [1.29, 1.82) is 0 Å². The number of aliphatic hydroxyl groups is 2. The van der Waals surface area contributed by atoms with Crippen LogP contribution in [0.5, 0.6) is 0 Å². The van der Waals surface area contributed by atoms with Crippen LogP contribution in [-0.4, -0.2) is 105 Å². The number of hydrogen-bond donors (Lipinski definition) is 7. The van der Waals surface area contributed by atoms with Crippen molar-refractivity contribution in [3.05, 3.63) is 70.8 Å². The van der Waals surface area contributed by atoms with Crippen molar-refractivity contribution in [2.75, 3.05) is 41.5 Å². The highest BCUT2D eigenvalue weighted by atomic mass is 16.5. The lowest BCUT2D eigenvalue weighted by Crippen LogP contribution is -2.51. The molecule has 15 nitrogen and oxygen atoms in total. The van der Waals surface area contributed by atoms with Crippen LogP contribution in [0.4, 0.5) is 0 Å². The molecule has 288 valence electrons. The highest BCUT2D eigenvalue weighted by Crippen LogP contribution is 2.37. The minimum Gasteiger partial charge on any atom is -0.478 e. The van der Waals surface area contributed by atoms with Crippen LogP contribution in [0.15, 0.2) is 48.5 Å². The van der Waals surface area contributed by atoms with E-state index in [2.05, 4.69) is 72.8 Å². The maximum atomic E-state index is 12.2. The van der Waals surface area contributed by atoms with Crippen molar-refractivity contribution in [3.8, 4) is 47.4 Å². The minimum atomic E-state index is -1.42. The Morgan fingerprint density at radius 2 is 1.15 bits per heavy atom. The monoisotopic (exact) mass is 754 g/mol. The number of methoxy groups -OCH3 is 2. The number of amides is 3. The van der Waals surface area contributed by atoms with Gasteiger partial charge in [0.2, 0.25) is 11.9 Å². The summed E-state index contributed by atoms with van der Waals surface area (Å²) in [6.07, 6.45) is 1.87. The second-order valence-electron chi connectivity index (χ2n) is 11.7. The number of benzene rings is 2. The highest BCUT2D eigenvalue weighted by molar-refractivity contribution is 6.07. The first-order valence-electron chi connectivity index (χ1n) is 16.7. The number of esters is 2. The molecule has 0 heterocycles. The van der Waals surface area contributed by atoms with Gasteiger partial charge in [0.15, 0.2) is 6.04 Å². The lowest BCUT2D eigenvalue weighted by molar-refractivity contribution is -0.147. The van der Waals surface area contributed by atoms with Gasteiger partial charge < -0.3 is 46.5 Å². The zero-order valence-corrected chi connectivity index (χ0v) is 30.6. The summed E-state index contributed by atoms with van der Waals surface area (Å²) in [5.74, 6) is 19.4. The third-order valence-corrected chi connectivity index (χ3v) is 7.85. The predicted octanol–water partition coefficient (Wildman–Crippen LogP) is -0.712. The summed E-state index contributed by atoms with van der Waals surface area (Å²) in [6, 6.07) is 10.1. The van der Waals surface area contributed by atoms with Crippen molar-refractivity contribution in [3.63, 3.8) is 0 Å². The Balaban J connectivity index is 0.000000320. The molecule has 2 unspecified atom stereocenters. The number of rotatable bonds is 9. The molecule has 0 aromatic heterocycles. The van der Waals surface area contributed by atoms with Gasteiger partial charge in [-0.25, -0.2) is 14.4 Å². The predicted molar refractivity (Wildman–Crippen MR) is 198 cm³/mol. The molecule has 2 saturated carbocycles. The molecule has 55 heavy (non-hydrogen) atoms. The molecule has 4 rings (SSSR count). The lowest BCUT2D eigenvalue weighted by atomic mass is 10.1. The van der Waals surface area contributed by atoms with Gasteiger partial charge in [-0.1, -0.05) is 23.7 Å². The fourth-order valence-electron chi connectivity index (χ4n) is 4.22. The van der Waals surface area contributed by atoms with E-state index in [1.807, 2.05) is 0 Å². The quantitative estimate of drug-likeness (QED) is 0.0954. The van der Waals surface area contributed by atoms with Gasteiger partial charge in [0.25, 0.3) is 11.8 Å². The summed E-state index contributed by atoms with van der Waals surface area (Å²) in [4.78, 5) is 67.3. The average molecular weight is 755 g/mol. The van der Waals surface area contributed by atoms with Crippen molar-refractivity contribution in [2.45, 2.75) is 24.9 Å². The standard InChI is InChI=1S/C20H20N2O5.C15H12O3.C5H10N2O3/c1-21-19(25)17(20(26)27-2)22-18(24)14-9-7-13(8-10-14)5-3-4-6-15-11-16(15)12-23;16-10-14-9-13(14)4-2-1-3-11-5-7-12(8-6-11)15(17)18;1-7-4(8)3(6)5(9)10-2/h7-10,15-17,23H,11-12H2,1-2H3,(H,21,25)(H,22,24);5-8,13-14,16H,9-10H2,(H,17,18);3H,6H2,1-2H3,(H,7,8)/t15-,16+,17?;13-,14+;/m11./s1. The van der Waals surface area contributed by atoms with E-state index in [1.165, 1.54) is 45.5 Å². The Hall–Kier alpha value is -6.62. The zero-order valence-electron chi connectivity index (χ0n) is 30.6. The van der Waals surface area contributed by atoms with Crippen LogP contribution < -0.4 is 21.7 Å². The smallest absolute Gasteiger partial charge is 0.338 e. The topological polar surface area (TPSA) is 244 Å². The number of carboxylic acid groups (broad SMARTS) is 1. The molecule has 2 fully saturated rings. The van der Waals surface area contributed by atoms with Crippen molar-refractivity contribution in [2.24, 2.45) is 29.4 Å². The number of ether oxygens (including phenoxy) is 2. The van der Waals surface area contributed by atoms with Crippen LogP contribution in [0, 0.1) is 71.0 Å². The Kier molecular flexibility index (Phi) is 18.7. The third kappa shape index (κ3) is 15.5. The lowest BCUT2D eigenvalue weighted by Gasteiger charge is -2.14. The summed E-state index contributed by atoms with van der Waals surface area (Å²) >= 11 is 0. The van der Waals surface area contributed by atoms with E-state index in [9.17, 15) is 28.8 Å². The van der Waals surface area contributed by atoms with Gasteiger partial charge in [-0.15, -0.1) is 0 Å².